The van der Waals surface area contributed by atoms with Crippen LogP contribution in [0, 0.1) is 0 Å². The maximum atomic E-state index is 11.2. The minimum Gasteiger partial charge on any atom is -0.383 e. The molecule has 0 heterocycles. The molecular weight excluding hydrogens is 218 g/mol. The predicted molar refractivity (Wildman–Crippen MR) is 69.0 cm³/mol. The van der Waals surface area contributed by atoms with Crippen molar-refractivity contribution in [2.75, 3.05) is 26.9 Å². The summed E-state index contributed by atoms with van der Waals surface area (Å²) in [7, 11) is 1.61. The van der Waals surface area contributed by atoms with Crippen LogP contribution < -0.4 is 5.32 Å². The molecular formula is C13H25NO3. The van der Waals surface area contributed by atoms with Gasteiger partial charge in [0.15, 0.2) is 0 Å². The highest BCUT2D eigenvalue weighted by atomic mass is 16.5. The Kier molecular flexibility index (Phi) is 11.0. The summed E-state index contributed by atoms with van der Waals surface area (Å²) in [6.07, 6.45) is 6.79. The van der Waals surface area contributed by atoms with Gasteiger partial charge in [-0.15, -0.1) is 0 Å². The number of ether oxygens (including phenoxy) is 2. The second-order valence-corrected chi connectivity index (χ2v) is 4.10. The van der Waals surface area contributed by atoms with Crippen LogP contribution in [0.4, 0.5) is 0 Å². The van der Waals surface area contributed by atoms with Gasteiger partial charge in [-0.05, 0) is 39.2 Å². The van der Waals surface area contributed by atoms with Gasteiger partial charge in [-0.25, -0.2) is 0 Å². The van der Waals surface area contributed by atoms with Crippen LogP contribution >= 0.6 is 0 Å². The normalized spacial score (nSPS) is 11.3. The van der Waals surface area contributed by atoms with Gasteiger partial charge >= 0.3 is 0 Å². The Morgan fingerprint density at radius 2 is 2.06 bits per heavy atom. The molecule has 0 rings (SSSR count). The maximum Gasteiger partial charge on any atom is 0.243 e. The van der Waals surface area contributed by atoms with Crippen LogP contribution in [0.2, 0.25) is 0 Å². The van der Waals surface area contributed by atoms with Gasteiger partial charge in [-0.2, -0.15) is 0 Å². The van der Waals surface area contributed by atoms with E-state index < -0.39 is 0 Å². The number of carbonyl (C=O) groups is 1. The monoisotopic (exact) mass is 243 g/mol. The molecule has 0 aromatic heterocycles. The zero-order chi connectivity index (χ0) is 12.9. The number of carbonyl (C=O) groups excluding carboxylic acids is 1. The lowest BCUT2D eigenvalue weighted by molar-refractivity contribution is -0.116. The number of allylic oxidation sites excluding steroid dienone is 1. The van der Waals surface area contributed by atoms with E-state index in [2.05, 4.69) is 5.32 Å². The third-order valence-corrected chi connectivity index (χ3v) is 2.09. The molecule has 0 aliphatic rings. The van der Waals surface area contributed by atoms with E-state index >= 15 is 0 Å². The van der Waals surface area contributed by atoms with Gasteiger partial charge in [0.05, 0.1) is 12.7 Å². The van der Waals surface area contributed by atoms with Gasteiger partial charge in [-0.3, -0.25) is 4.79 Å². The lowest BCUT2D eigenvalue weighted by Crippen LogP contribution is -2.24. The molecule has 4 nitrogen and oxygen atoms in total. The number of amides is 1. The topological polar surface area (TPSA) is 47.6 Å². The van der Waals surface area contributed by atoms with Gasteiger partial charge in [0, 0.05) is 20.3 Å². The number of unbranched alkanes of at least 4 members (excludes halogenated alkanes) is 2. The Balaban J connectivity index is 3.31. The average Bonchev–Trinajstić information content (AvgIpc) is 2.28. The van der Waals surface area contributed by atoms with Gasteiger partial charge in [0.1, 0.15) is 0 Å². The van der Waals surface area contributed by atoms with Crippen molar-refractivity contribution in [3.05, 3.63) is 12.2 Å². The second-order valence-electron chi connectivity index (χ2n) is 4.10. The number of hydrogen-bond donors (Lipinski definition) is 1. The molecule has 0 aromatic carbocycles. The molecule has 0 spiro atoms. The lowest BCUT2D eigenvalue weighted by atomic mass is 10.2. The zero-order valence-corrected chi connectivity index (χ0v) is 11.2. The van der Waals surface area contributed by atoms with E-state index in [4.69, 9.17) is 9.47 Å². The van der Waals surface area contributed by atoms with Crippen LogP contribution in [0.15, 0.2) is 12.2 Å². The molecule has 0 bridgehead atoms. The van der Waals surface area contributed by atoms with Crippen molar-refractivity contribution in [2.45, 2.75) is 39.2 Å². The Hall–Kier alpha value is -0.870. The first-order chi connectivity index (χ1) is 8.16. The minimum absolute atomic E-state index is 0.0551. The fraction of sp³-hybridized carbons (Fsp3) is 0.769. The van der Waals surface area contributed by atoms with E-state index in [-0.39, 0.29) is 5.91 Å². The van der Waals surface area contributed by atoms with E-state index in [0.29, 0.717) is 19.3 Å². The molecule has 1 N–H and O–H groups in total. The highest BCUT2D eigenvalue weighted by molar-refractivity contribution is 5.87. The summed E-state index contributed by atoms with van der Waals surface area (Å²) < 4.78 is 10.2. The molecule has 100 valence electrons. The highest BCUT2D eigenvalue weighted by Crippen LogP contribution is 1.99. The van der Waals surface area contributed by atoms with Crippen LogP contribution in [-0.2, 0) is 14.3 Å². The molecule has 1 amide bonds. The second kappa shape index (κ2) is 11.6. The van der Waals surface area contributed by atoms with Crippen LogP contribution in [-0.4, -0.2) is 38.9 Å². The molecule has 0 aliphatic heterocycles. The van der Waals surface area contributed by atoms with Gasteiger partial charge < -0.3 is 14.8 Å². The number of nitrogens with one attached hydrogen (secondary N) is 1. The molecule has 17 heavy (non-hydrogen) atoms. The molecule has 0 atom stereocenters. The van der Waals surface area contributed by atoms with E-state index in [1.807, 2.05) is 19.9 Å². The van der Waals surface area contributed by atoms with Crippen LogP contribution in [0.25, 0.3) is 0 Å². The molecule has 0 saturated heterocycles. The van der Waals surface area contributed by atoms with Crippen LogP contribution in [0.5, 0.6) is 0 Å². The number of rotatable bonds is 10. The largest absolute Gasteiger partial charge is 0.383 e. The zero-order valence-electron chi connectivity index (χ0n) is 11.2. The van der Waals surface area contributed by atoms with Gasteiger partial charge in [-0.1, -0.05) is 6.08 Å². The molecule has 0 aromatic rings. The molecule has 4 heteroatoms. The molecule has 0 aliphatic carbocycles. The Labute approximate surface area is 104 Å². The summed E-state index contributed by atoms with van der Waals surface area (Å²) in [5.74, 6) is -0.0551. The summed E-state index contributed by atoms with van der Waals surface area (Å²) in [4.78, 5) is 11.2. The molecule has 0 radical (unpaired) electrons. The van der Waals surface area contributed by atoms with Crippen molar-refractivity contribution in [1.29, 1.82) is 0 Å². The SMILES string of the molecule is COCCNC(=O)/C=C/CCCCOC(C)C. The molecule has 0 unspecified atom stereocenters. The fourth-order valence-corrected chi connectivity index (χ4v) is 1.21. The third kappa shape index (κ3) is 13.1. The van der Waals surface area contributed by atoms with E-state index in [1.165, 1.54) is 0 Å². The predicted octanol–water partition coefficient (Wildman–Crippen LogP) is 1.90. The maximum absolute atomic E-state index is 11.2. The Morgan fingerprint density at radius 3 is 2.71 bits per heavy atom. The van der Waals surface area contributed by atoms with Crippen molar-refractivity contribution < 1.29 is 14.3 Å². The minimum atomic E-state index is -0.0551. The number of methoxy groups -OCH3 is 1. The number of hydrogen-bond acceptors (Lipinski definition) is 3. The van der Waals surface area contributed by atoms with Crippen molar-refractivity contribution in [2.24, 2.45) is 0 Å². The third-order valence-electron chi connectivity index (χ3n) is 2.09. The van der Waals surface area contributed by atoms with Crippen molar-refractivity contribution >= 4 is 5.91 Å². The van der Waals surface area contributed by atoms with E-state index in [1.54, 1.807) is 13.2 Å². The first kappa shape index (κ1) is 16.1. The lowest BCUT2D eigenvalue weighted by Gasteiger charge is -2.05. The summed E-state index contributed by atoms with van der Waals surface area (Å²) in [5.41, 5.74) is 0. The summed E-state index contributed by atoms with van der Waals surface area (Å²) in [5, 5.41) is 2.73. The first-order valence-corrected chi connectivity index (χ1v) is 6.21. The smallest absolute Gasteiger partial charge is 0.243 e. The van der Waals surface area contributed by atoms with Gasteiger partial charge in [0.25, 0.3) is 0 Å². The fourth-order valence-electron chi connectivity index (χ4n) is 1.21. The Bertz CT molecular complexity index is 215. The van der Waals surface area contributed by atoms with Crippen LogP contribution in [0.3, 0.4) is 0 Å². The van der Waals surface area contributed by atoms with Crippen molar-refractivity contribution in [3.63, 3.8) is 0 Å². The summed E-state index contributed by atoms with van der Waals surface area (Å²) in [6.45, 7) is 5.97. The standard InChI is InChI=1S/C13H25NO3/c1-12(2)17-10-7-5-4-6-8-13(15)14-9-11-16-3/h6,8,12H,4-5,7,9-11H2,1-3H3,(H,14,15)/b8-6+. The molecule has 0 fully saturated rings. The summed E-state index contributed by atoms with van der Waals surface area (Å²) >= 11 is 0. The van der Waals surface area contributed by atoms with Crippen LogP contribution in [0.1, 0.15) is 33.1 Å². The quantitative estimate of drug-likeness (QED) is 0.471. The Morgan fingerprint density at radius 1 is 1.29 bits per heavy atom. The van der Waals surface area contributed by atoms with Crippen molar-refractivity contribution in [1.82, 2.24) is 5.32 Å². The molecule has 0 saturated carbocycles. The van der Waals surface area contributed by atoms with E-state index in [0.717, 1.165) is 25.9 Å². The average molecular weight is 243 g/mol. The van der Waals surface area contributed by atoms with Crippen molar-refractivity contribution in [3.8, 4) is 0 Å². The highest BCUT2D eigenvalue weighted by Gasteiger charge is 1.94. The summed E-state index contributed by atoms with van der Waals surface area (Å²) in [6, 6.07) is 0. The van der Waals surface area contributed by atoms with Gasteiger partial charge in [0.2, 0.25) is 5.91 Å². The van der Waals surface area contributed by atoms with E-state index in [9.17, 15) is 4.79 Å². The first-order valence-electron chi connectivity index (χ1n) is 6.21.